The van der Waals surface area contributed by atoms with Crippen LogP contribution < -0.4 is 138 Å². The zero-order valence-corrected chi connectivity index (χ0v) is 17.0. The fourth-order valence-corrected chi connectivity index (χ4v) is 0. The number of hydrogen-bond donors (Lipinski definition) is 0. The van der Waals surface area contributed by atoms with Crippen molar-refractivity contribution in [1.82, 2.24) is 0 Å². The molecular weight excluding hydrogens is 346 g/mol. The first-order valence-corrected chi connectivity index (χ1v) is 1.50. The third-order valence-corrected chi connectivity index (χ3v) is 0. The Labute approximate surface area is 156 Å². The fourth-order valence-electron chi connectivity index (χ4n) is 0. The predicted octanol–water partition coefficient (Wildman–Crippen LogP) is -7.00. The van der Waals surface area contributed by atoms with Crippen molar-refractivity contribution in [3.63, 3.8) is 0 Å². The molecule has 0 aromatic rings. The zero-order valence-electron chi connectivity index (χ0n) is 3.63. The van der Waals surface area contributed by atoms with Crippen molar-refractivity contribution >= 4 is 11.4 Å². The van der Waals surface area contributed by atoms with Crippen LogP contribution in [0, 0.1) is 0 Å². The molecule has 0 aromatic carbocycles. The van der Waals surface area contributed by atoms with Crippen LogP contribution in [0.1, 0.15) is 0 Å². The average molecular weight is 346 g/mol. The molecule has 0 fully saturated rings. The van der Waals surface area contributed by atoms with Gasteiger partial charge in [0.05, 0.1) is 0 Å². The topological polar surface area (TPSA) is 63.2 Å². The van der Waals surface area contributed by atoms with E-state index in [0.29, 0.717) is 0 Å². The zero-order chi connectivity index (χ0) is 3.58. The molecule has 0 N–H and O–H groups in total. The Balaban J connectivity index is -0.0000000450. The van der Waals surface area contributed by atoms with Crippen molar-refractivity contribution in [2.45, 2.75) is 0 Å². The Bertz CT molecular complexity index is 31.8. The molecule has 0 spiro atoms. The van der Waals surface area contributed by atoms with Crippen molar-refractivity contribution in [3.05, 3.63) is 0 Å². The van der Waals surface area contributed by atoms with Gasteiger partial charge in [0.1, 0.15) is 0 Å². The molecule has 0 aliphatic carbocycles. The van der Waals surface area contributed by atoms with E-state index in [9.17, 15) is 0 Å². The maximum Gasteiger partial charge on any atom is 1.00 e. The van der Waals surface area contributed by atoms with Gasteiger partial charge in [0.2, 0.25) is 0 Å². The van der Waals surface area contributed by atoms with E-state index in [1.165, 1.54) is 0 Å². The minimum Gasteiger partial charge on any atom is -0.784 e. The van der Waals surface area contributed by atoms with Crippen LogP contribution >= 0.6 is 0 Å². The second-order valence-corrected chi connectivity index (χ2v) is 0.612. The maximum absolute atomic E-state index is 8.44. The summed E-state index contributed by atoms with van der Waals surface area (Å²) in [6.45, 7) is 0. The SMILES string of the molecule is O=S([O-])[O-].[Cs+].[Cs+]. The van der Waals surface area contributed by atoms with Crippen molar-refractivity contribution in [1.29, 1.82) is 0 Å². The monoisotopic (exact) mass is 346 g/mol. The Kier molecular flexibility index (Phi) is 33.0. The maximum atomic E-state index is 8.44. The Morgan fingerprint density at radius 2 is 1.17 bits per heavy atom. The van der Waals surface area contributed by atoms with Gasteiger partial charge in [-0.15, -0.1) is 11.4 Å². The summed E-state index contributed by atoms with van der Waals surface area (Å²) in [4.78, 5) is 0. The summed E-state index contributed by atoms with van der Waals surface area (Å²) < 4.78 is 25.3. The molecule has 6 heavy (non-hydrogen) atoms. The minimum absolute atomic E-state index is 0. The predicted molar refractivity (Wildman–Crippen MR) is 9.70 cm³/mol. The van der Waals surface area contributed by atoms with Gasteiger partial charge in [-0.3, -0.25) is 4.21 Å². The molecular formula is Cs2O3S. The van der Waals surface area contributed by atoms with Crippen LogP contribution in [0.5, 0.6) is 0 Å². The molecule has 0 radical (unpaired) electrons. The van der Waals surface area contributed by atoms with Gasteiger partial charge in [-0.1, -0.05) is 0 Å². The first kappa shape index (κ1) is 16.6. The normalized spacial score (nSPS) is 5.83. The van der Waals surface area contributed by atoms with Gasteiger partial charge in [0, 0.05) is 0 Å². The second kappa shape index (κ2) is 11.9. The minimum atomic E-state index is -3.11. The van der Waals surface area contributed by atoms with Gasteiger partial charge < -0.3 is 9.11 Å². The largest absolute Gasteiger partial charge is 1.00 e. The molecule has 0 aromatic heterocycles. The molecule has 0 saturated heterocycles. The summed E-state index contributed by atoms with van der Waals surface area (Å²) in [5, 5.41) is 0. The first-order valence-electron chi connectivity index (χ1n) is 0.500. The summed E-state index contributed by atoms with van der Waals surface area (Å²) in [5.74, 6) is 0. The van der Waals surface area contributed by atoms with E-state index in [-0.39, 0.29) is 138 Å². The van der Waals surface area contributed by atoms with Gasteiger partial charge >= 0.3 is 138 Å². The van der Waals surface area contributed by atoms with E-state index in [2.05, 4.69) is 0 Å². The quantitative estimate of drug-likeness (QED) is 0.410. The van der Waals surface area contributed by atoms with Crippen molar-refractivity contribution in [3.8, 4) is 0 Å². The second-order valence-electron chi connectivity index (χ2n) is 0.204. The fraction of sp³-hybridized carbons (Fsp3) is 0. The van der Waals surface area contributed by atoms with Crippen LogP contribution in [0.4, 0.5) is 0 Å². The molecule has 0 atom stereocenters. The van der Waals surface area contributed by atoms with E-state index in [1.807, 2.05) is 0 Å². The van der Waals surface area contributed by atoms with Crippen LogP contribution in [-0.4, -0.2) is 13.3 Å². The Morgan fingerprint density at radius 1 is 1.17 bits per heavy atom. The molecule has 0 aliphatic rings. The molecule has 0 aliphatic heterocycles. The molecule has 0 heterocycles. The van der Waals surface area contributed by atoms with Crippen LogP contribution in [-0.2, 0) is 11.4 Å². The van der Waals surface area contributed by atoms with Crippen LogP contribution in [0.25, 0.3) is 0 Å². The van der Waals surface area contributed by atoms with Gasteiger partial charge in [-0.25, -0.2) is 0 Å². The van der Waals surface area contributed by atoms with Gasteiger partial charge in [-0.2, -0.15) is 0 Å². The summed E-state index contributed by atoms with van der Waals surface area (Å²) in [7, 11) is 0. The van der Waals surface area contributed by atoms with Crippen molar-refractivity contribution in [2.75, 3.05) is 0 Å². The van der Waals surface area contributed by atoms with Gasteiger partial charge in [0.25, 0.3) is 0 Å². The standard InChI is InChI=1S/2Cs.H2O3S/c;;1-4(2)3/h;;(H2,1,2,3)/q2*+1;/p-2. The van der Waals surface area contributed by atoms with E-state index < -0.39 is 11.4 Å². The van der Waals surface area contributed by atoms with Crippen molar-refractivity contribution < 1.29 is 151 Å². The summed E-state index contributed by atoms with van der Waals surface area (Å²) in [6.07, 6.45) is 0. The van der Waals surface area contributed by atoms with Gasteiger partial charge in [0.15, 0.2) is 0 Å². The molecule has 0 rings (SSSR count). The Hall–Kier alpha value is 4.17. The molecule has 6 heteroatoms. The number of hydrogen-bond acceptors (Lipinski definition) is 3. The Morgan fingerprint density at radius 3 is 1.17 bits per heavy atom. The summed E-state index contributed by atoms with van der Waals surface area (Å²) in [5.41, 5.74) is 0. The first-order chi connectivity index (χ1) is 1.73. The molecule has 3 nitrogen and oxygen atoms in total. The van der Waals surface area contributed by atoms with Crippen molar-refractivity contribution in [2.24, 2.45) is 0 Å². The molecule has 0 saturated carbocycles. The van der Waals surface area contributed by atoms with Gasteiger partial charge in [-0.05, 0) is 0 Å². The molecule has 0 bridgehead atoms. The van der Waals surface area contributed by atoms with E-state index >= 15 is 0 Å². The van der Waals surface area contributed by atoms with Crippen LogP contribution in [0.3, 0.4) is 0 Å². The smallest absolute Gasteiger partial charge is 0.784 e. The third kappa shape index (κ3) is 24.1. The summed E-state index contributed by atoms with van der Waals surface area (Å²) >= 11 is -3.11. The van der Waals surface area contributed by atoms with Crippen LogP contribution in [0.2, 0.25) is 0 Å². The molecule has 26 valence electrons. The van der Waals surface area contributed by atoms with E-state index in [4.69, 9.17) is 13.3 Å². The average Bonchev–Trinajstić information content (AvgIpc) is 0.811. The third-order valence-electron chi connectivity index (χ3n) is 0. The number of rotatable bonds is 0. The van der Waals surface area contributed by atoms with E-state index in [0.717, 1.165) is 0 Å². The summed E-state index contributed by atoms with van der Waals surface area (Å²) in [6, 6.07) is 0. The molecule has 0 amide bonds. The van der Waals surface area contributed by atoms with E-state index in [1.54, 1.807) is 0 Å². The molecule has 0 unspecified atom stereocenters. The van der Waals surface area contributed by atoms with Crippen LogP contribution in [0.15, 0.2) is 0 Å².